The number of Topliss-reactive ketones (excluding diaryl/α,β-unsaturated/α-hetero) is 1. The van der Waals surface area contributed by atoms with Crippen molar-refractivity contribution in [3.63, 3.8) is 0 Å². The second-order valence-electron chi connectivity index (χ2n) is 6.65. The molecule has 0 radical (unpaired) electrons. The number of hydrogen-bond donors (Lipinski definition) is 1. The Labute approximate surface area is 168 Å². The molecule has 0 saturated carbocycles. The van der Waals surface area contributed by atoms with E-state index in [2.05, 4.69) is 0 Å². The third kappa shape index (κ3) is 3.27. The number of aliphatic hydroxyl groups excluding tert-OH is 1. The van der Waals surface area contributed by atoms with Crippen LogP contribution in [0.1, 0.15) is 17.2 Å². The Kier molecular flexibility index (Phi) is 4.87. The normalized spacial score (nSPS) is 18.1. The minimum absolute atomic E-state index is 0.0650. The van der Waals surface area contributed by atoms with Crippen LogP contribution in [0, 0.1) is 0 Å². The lowest BCUT2D eigenvalue weighted by Gasteiger charge is -2.25. The minimum atomic E-state index is -0.747. The van der Waals surface area contributed by atoms with Gasteiger partial charge in [-0.25, -0.2) is 0 Å². The molecule has 1 amide bonds. The number of carbonyl (C=O) groups excluding carboxylic acids is 2. The molecule has 3 aromatic rings. The monoisotopic (exact) mass is 385 g/mol. The van der Waals surface area contributed by atoms with Gasteiger partial charge in [0.2, 0.25) is 0 Å². The smallest absolute Gasteiger partial charge is 0.300 e. The quantitative estimate of drug-likeness (QED) is 0.413. The van der Waals surface area contributed by atoms with Crippen LogP contribution < -0.4 is 9.64 Å². The predicted molar refractivity (Wildman–Crippen MR) is 111 cm³/mol. The van der Waals surface area contributed by atoms with E-state index < -0.39 is 17.7 Å². The predicted octanol–water partition coefficient (Wildman–Crippen LogP) is 4.32. The van der Waals surface area contributed by atoms with Gasteiger partial charge in [-0.3, -0.25) is 14.5 Å². The zero-order valence-corrected chi connectivity index (χ0v) is 15.8. The summed E-state index contributed by atoms with van der Waals surface area (Å²) in [5, 5.41) is 11.0. The Hall–Kier alpha value is -3.86. The van der Waals surface area contributed by atoms with Crippen molar-refractivity contribution in [1.29, 1.82) is 0 Å². The number of methoxy groups -OCH3 is 1. The molecule has 1 saturated heterocycles. The maximum atomic E-state index is 13.0. The Morgan fingerprint density at radius 2 is 1.55 bits per heavy atom. The van der Waals surface area contributed by atoms with E-state index in [1.807, 2.05) is 36.4 Å². The SMILES string of the molecule is COc1cccc(N2C(=O)C(=O)/C(=C(/O)c3ccccc3)[C@@H]2c2ccccc2)c1. The zero-order chi connectivity index (χ0) is 20.4. The van der Waals surface area contributed by atoms with Crippen LogP contribution in [0.25, 0.3) is 5.76 Å². The van der Waals surface area contributed by atoms with Crippen LogP contribution in [0.5, 0.6) is 5.75 Å². The van der Waals surface area contributed by atoms with Gasteiger partial charge in [-0.1, -0.05) is 66.7 Å². The van der Waals surface area contributed by atoms with Crippen LogP contribution in [-0.2, 0) is 9.59 Å². The lowest BCUT2D eigenvalue weighted by atomic mass is 9.95. The molecule has 0 bridgehead atoms. The van der Waals surface area contributed by atoms with Gasteiger partial charge in [0.1, 0.15) is 11.5 Å². The topological polar surface area (TPSA) is 66.8 Å². The molecule has 0 aromatic heterocycles. The van der Waals surface area contributed by atoms with E-state index >= 15 is 0 Å². The van der Waals surface area contributed by atoms with Crippen LogP contribution in [0.2, 0.25) is 0 Å². The number of carbonyl (C=O) groups is 2. The van der Waals surface area contributed by atoms with E-state index in [9.17, 15) is 14.7 Å². The van der Waals surface area contributed by atoms with Crippen LogP contribution in [0.4, 0.5) is 5.69 Å². The maximum absolute atomic E-state index is 13.0. The Morgan fingerprint density at radius 3 is 2.21 bits per heavy atom. The number of nitrogens with zero attached hydrogens (tertiary/aromatic N) is 1. The van der Waals surface area contributed by atoms with Gasteiger partial charge < -0.3 is 9.84 Å². The van der Waals surface area contributed by atoms with Crippen molar-refractivity contribution in [2.45, 2.75) is 6.04 Å². The Balaban J connectivity index is 1.94. The van der Waals surface area contributed by atoms with E-state index in [4.69, 9.17) is 4.74 Å². The highest BCUT2D eigenvalue weighted by molar-refractivity contribution is 6.51. The summed E-state index contributed by atoms with van der Waals surface area (Å²) in [6, 6.07) is 24.2. The van der Waals surface area contributed by atoms with Crippen molar-refractivity contribution in [1.82, 2.24) is 0 Å². The largest absolute Gasteiger partial charge is 0.507 e. The highest BCUT2D eigenvalue weighted by atomic mass is 16.5. The first-order chi connectivity index (χ1) is 14.1. The van der Waals surface area contributed by atoms with Crippen molar-refractivity contribution in [2.75, 3.05) is 12.0 Å². The van der Waals surface area contributed by atoms with Gasteiger partial charge in [-0.05, 0) is 17.7 Å². The lowest BCUT2D eigenvalue weighted by molar-refractivity contribution is -0.132. The van der Waals surface area contributed by atoms with Crippen molar-refractivity contribution < 1.29 is 19.4 Å². The molecule has 0 aliphatic carbocycles. The third-order valence-corrected chi connectivity index (χ3v) is 4.94. The molecule has 0 unspecified atom stereocenters. The second-order valence-corrected chi connectivity index (χ2v) is 6.65. The molecule has 1 aliphatic rings. The summed E-state index contributed by atoms with van der Waals surface area (Å²) in [7, 11) is 1.54. The fourth-order valence-corrected chi connectivity index (χ4v) is 3.56. The van der Waals surface area contributed by atoms with Crippen LogP contribution in [-0.4, -0.2) is 23.9 Å². The average Bonchev–Trinajstić information content (AvgIpc) is 3.05. The fraction of sp³-hybridized carbons (Fsp3) is 0.0833. The van der Waals surface area contributed by atoms with Crippen LogP contribution >= 0.6 is 0 Å². The number of amides is 1. The number of rotatable bonds is 4. The molecule has 5 heteroatoms. The first kappa shape index (κ1) is 18.5. The van der Waals surface area contributed by atoms with Crippen molar-refractivity contribution >= 4 is 23.1 Å². The molecule has 5 nitrogen and oxygen atoms in total. The van der Waals surface area contributed by atoms with E-state index in [-0.39, 0.29) is 11.3 Å². The van der Waals surface area contributed by atoms with Gasteiger partial charge >= 0.3 is 0 Å². The number of benzene rings is 3. The summed E-state index contributed by atoms with van der Waals surface area (Å²) >= 11 is 0. The first-order valence-electron chi connectivity index (χ1n) is 9.17. The average molecular weight is 385 g/mol. The van der Waals surface area contributed by atoms with Gasteiger partial charge in [0.05, 0.1) is 18.7 Å². The van der Waals surface area contributed by atoms with Crippen molar-refractivity contribution in [2.24, 2.45) is 0 Å². The fourth-order valence-electron chi connectivity index (χ4n) is 3.56. The first-order valence-corrected chi connectivity index (χ1v) is 9.17. The molecule has 29 heavy (non-hydrogen) atoms. The zero-order valence-electron chi connectivity index (χ0n) is 15.8. The molecule has 0 spiro atoms. The molecule has 1 aliphatic heterocycles. The summed E-state index contributed by atoms with van der Waals surface area (Å²) in [6.07, 6.45) is 0. The van der Waals surface area contributed by atoms with Crippen LogP contribution in [0.15, 0.2) is 90.5 Å². The summed E-state index contributed by atoms with van der Waals surface area (Å²) in [4.78, 5) is 27.4. The number of anilines is 1. The number of hydrogen-bond acceptors (Lipinski definition) is 4. The van der Waals surface area contributed by atoms with E-state index in [0.717, 1.165) is 5.56 Å². The molecule has 1 heterocycles. The highest BCUT2D eigenvalue weighted by Crippen LogP contribution is 2.42. The molecule has 1 atom stereocenters. The molecule has 3 aromatic carbocycles. The van der Waals surface area contributed by atoms with Gasteiger partial charge in [0.25, 0.3) is 11.7 Å². The summed E-state index contributed by atoms with van der Waals surface area (Å²) in [5.41, 5.74) is 1.80. The summed E-state index contributed by atoms with van der Waals surface area (Å²) in [5.74, 6) is -1.03. The lowest BCUT2D eigenvalue weighted by Crippen LogP contribution is -2.29. The van der Waals surface area contributed by atoms with Gasteiger partial charge in [-0.2, -0.15) is 0 Å². The van der Waals surface area contributed by atoms with Crippen LogP contribution in [0.3, 0.4) is 0 Å². The summed E-state index contributed by atoms with van der Waals surface area (Å²) < 4.78 is 5.28. The molecule has 4 rings (SSSR count). The minimum Gasteiger partial charge on any atom is -0.507 e. The van der Waals surface area contributed by atoms with Crippen molar-refractivity contribution in [3.8, 4) is 5.75 Å². The van der Waals surface area contributed by atoms with E-state index in [1.54, 1.807) is 48.5 Å². The second kappa shape index (κ2) is 7.64. The number of ether oxygens (including phenoxy) is 1. The molecule has 1 fully saturated rings. The summed E-state index contributed by atoms with van der Waals surface area (Å²) in [6.45, 7) is 0. The molecule has 1 N–H and O–H groups in total. The molecule has 144 valence electrons. The van der Waals surface area contributed by atoms with Crippen molar-refractivity contribution in [3.05, 3.63) is 102 Å². The standard InChI is InChI=1S/C24H19NO4/c1-29-19-14-8-13-18(15-19)25-21(16-9-4-2-5-10-16)20(23(27)24(25)28)22(26)17-11-6-3-7-12-17/h2-15,21,26H,1H3/b22-20+/t21-/m0/s1. The van der Waals surface area contributed by atoms with E-state index in [1.165, 1.54) is 12.0 Å². The molecular weight excluding hydrogens is 366 g/mol. The molecular formula is C24H19NO4. The van der Waals surface area contributed by atoms with Gasteiger partial charge in [0, 0.05) is 17.3 Å². The van der Waals surface area contributed by atoms with E-state index in [0.29, 0.717) is 17.0 Å². The number of aliphatic hydroxyl groups is 1. The Morgan fingerprint density at radius 1 is 0.897 bits per heavy atom. The number of ketones is 1. The highest BCUT2D eigenvalue weighted by Gasteiger charge is 2.46. The third-order valence-electron chi connectivity index (χ3n) is 4.94. The Bertz CT molecular complexity index is 1090. The van der Waals surface area contributed by atoms with Gasteiger partial charge in [0.15, 0.2) is 0 Å². The maximum Gasteiger partial charge on any atom is 0.300 e. The van der Waals surface area contributed by atoms with Gasteiger partial charge in [-0.15, -0.1) is 0 Å².